The summed E-state index contributed by atoms with van der Waals surface area (Å²) in [7, 11) is -2.23. The average molecular weight is 482 g/mol. The second-order valence-electron chi connectivity index (χ2n) is 7.17. The van der Waals surface area contributed by atoms with Crippen LogP contribution in [-0.2, 0) is 14.8 Å². The van der Waals surface area contributed by atoms with Crippen LogP contribution in [-0.4, -0.2) is 65.1 Å². The standard InChI is InChI=1S/C22H28ClN3O5S/c1-4-26(5-2)32(28,29)17-7-8-20(25-10-12-31-13-11-25)19(15-17)24-22(27)18-14-16(23)6-9-21(18)30-3/h6-9,14-15H,4-5,10-13H2,1-3H3,(H,24,27). The number of rotatable bonds is 8. The molecule has 0 radical (unpaired) electrons. The minimum Gasteiger partial charge on any atom is -0.496 e. The molecule has 2 aromatic rings. The van der Waals surface area contributed by atoms with Crippen molar-refractivity contribution in [2.24, 2.45) is 0 Å². The van der Waals surface area contributed by atoms with Gasteiger partial charge >= 0.3 is 0 Å². The molecule has 1 fully saturated rings. The lowest BCUT2D eigenvalue weighted by molar-refractivity contribution is 0.102. The number of hydrogen-bond donors (Lipinski definition) is 1. The zero-order valence-corrected chi connectivity index (χ0v) is 20.0. The summed E-state index contributed by atoms with van der Waals surface area (Å²) in [6, 6.07) is 9.57. The highest BCUT2D eigenvalue weighted by molar-refractivity contribution is 7.89. The Hall–Kier alpha value is -2.33. The topological polar surface area (TPSA) is 88.2 Å². The predicted octanol–water partition coefficient (Wildman–Crippen LogP) is 3.47. The van der Waals surface area contributed by atoms with Gasteiger partial charge in [0.05, 0.1) is 42.2 Å². The third kappa shape index (κ3) is 5.17. The Morgan fingerprint density at radius 1 is 1.16 bits per heavy atom. The lowest BCUT2D eigenvalue weighted by Crippen LogP contribution is -2.37. The second-order valence-corrected chi connectivity index (χ2v) is 9.54. The molecule has 0 saturated carbocycles. The van der Waals surface area contributed by atoms with Gasteiger partial charge in [-0.2, -0.15) is 4.31 Å². The monoisotopic (exact) mass is 481 g/mol. The number of nitrogens with one attached hydrogen (secondary N) is 1. The smallest absolute Gasteiger partial charge is 0.259 e. The number of morpholine rings is 1. The van der Waals surface area contributed by atoms with E-state index in [-0.39, 0.29) is 10.5 Å². The average Bonchev–Trinajstić information content (AvgIpc) is 2.80. The molecule has 0 aliphatic carbocycles. The van der Waals surface area contributed by atoms with Crippen LogP contribution in [0.5, 0.6) is 5.75 Å². The van der Waals surface area contributed by atoms with Crippen LogP contribution in [0.25, 0.3) is 0 Å². The van der Waals surface area contributed by atoms with E-state index >= 15 is 0 Å². The third-order valence-electron chi connectivity index (χ3n) is 5.32. The van der Waals surface area contributed by atoms with Gasteiger partial charge in [0.15, 0.2) is 0 Å². The van der Waals surface area contributed by atoms with Crippen molar-refractivity contribution in [3.05, 3.63) is 47.0 Å². The Kier molecular flexibility index (Phi) is 8.00. The Balaban J connectivity index is 2.04. The highest BCUT2D eigenvalue weighted by Gasteiger charge is 2.25. The van der Waals surface area contributed by atoms with E-state index in [0.29, 0.717) is 55.9 Å². The number of carbonyl (C=O) groups is 1. The molecule has 1 heterocycles. The lowest BCUT2D eigenvalue weighted by atomic mass is 10.1. The number of sulfonamides is 1. The summed E-state index contributed by atoms with van der Waals surface area (Å²) < 4.78 is 38.3. The van der Waals surface area contributed by atoms with Crippen LogP contribution in [0.2, 0.25) is 5.02 Å². The van der Waals surface area contributed by atoms with Gasteiger partial charge in [-0.25, -0.2) is 8.42 Å². The molecule has 1 amide bonds. The molecule has 0 unspecified atom stereocenters. The summed E-state index contributed by atoms with van der Waals surface area (Å²) in [5.41, 5.74) is 1.37. The molecule has 1 aliphatic heterocycles. The summed E-state index contributed by atoms with van der Waals surface area (Å²) in [6.45, 7) is 6.65. The minimum absolute atomic E-state index is 0.117. The Morgan fingerprint density at radius 3 is 2.47 bits per heavy atom. The largest absolute Gasteiger partial charge is 0.496 e. The summed E-state index contributed by atoms with van der Waals surface area (Å²) >= 11 is 6.08. The maximum Gasteiger partial charge on any atom is 0.259 e. The molecule has 32 heavy (non-hydrogen) atoms. The summed E-state index contributed by atoms with van der Waals surface area (Å²) in [4.78, 5) is 15.3. The Bertz CT molecular complexity index is 1070. The third-order valence-corrected chi connectivity index (χ3v) is 7.60. The Labute approximate surface area is 194 Å². The molecule has 3 rings (SSSR count). The first-order valence-corrected chi connectivity index (χ1v) is 12.2. The first kappa shape index (κ1) is 24.3. The van der Waals surface area contributed by atoms with Crippen molar-refractivity contribution in [3.8, 4) is 5.75 Å². The summed E-state index contributed by atoms with van der Waals surface area (Å²) in [5.74, 6) is -0.0806. The molecule has 174 valence electrons. The molecular weight excluding hydrogens is 454 g/mol. The number of halogens is 1. The van der Waals surface area contributed by atoms with E-state index in [2.05, 4.69) is 10.2 Å². The van der Waals surface area contributed by atoms with Crippen LogP contribution in [0, 0.1) is 0 Å². The summed E-state index contributed by atoms with van der Waals surface area (Å²) in [6.07, 6.45) is 0. The van der Waals surface area contributed by atoms with E-state index in [9.17, 15) is 13.2 Å². The number of ether oxygens (including phenoxy) is 2. The Morgan fingerprint density at radius 2 is 1.84 bits per heavy atom. The van der Waals surface area contributed by atoms with Crippen molar-refractivity contribution < 1.29 is 22.7 Å². The SMILES string of the molecule is CCN(CC)S(=O)(=O)c1ccc(N2CCOCC2)c(NC(=O)c2cc(Cl)ccc2OC)c1. The molecule has 1 saturated heterocycles. The number of methoxy groups -OCH3 is 1. The van der Waals surface area contributed by atoms with Gasteiger partial charge in [-0.15, -0.1) is 0 Å². The van der Waals surface area contributed by atoms with E-state index in [4.69, 9.17) is 21.1 Å². The van der Waals surface area contributed by atoms with E-state index in [1.165, 1.54) is 23.5 Å². The molecule has 0 bridgehead atoms. The van der Waals surface area contributed by atoms with Crippen molar-refractivity contribution >= 4 is 38.9 Å². The minimum atomic E-state index is -3.70. The van der Waals surface area contributed by atoms with E-state index in [0.717, 1.165) is 5.69 Å². The van der Waals surface area contributed by atoms with E-state index in [1.54, 1.807) is 38.1 Å². The van der Waals surface area contributed by atoms with Crippen molar-refractivity contribution in [1.82, 2.24) is 4.31 Å². The maximum atomic E-state index is 13.1. The van der Waals surface area contributed by atoms with Gasteiger partial charge in [0.2, 0.25) is 10.0 Å². The van der Waals surface area contributed by atoms with Crippen LogP contribution < -0.4 is 15.0 Å². The fourth-order valence-electron chi connectivity index (χ4n) is 3.62. The second kappa shape index (κ2) is 10.5. The molecular formula is C22H28ClN3O5S. The highest BCUT2D eigenvalue weighted by atomic mass is 35.5. The van der Waals surface area contributed by atoms with Gasteiger partial charge in [0.1, 0.15) is 5.75 Å². The molecule has 0 atom stereocenters. The van der Waals surface area contributed by atoms with Crippen LogP contribution in [0.4, 0.5) is 11.4 Å². The fraction of sp³-hybridized carbons (Fsp3) is 0.409. The number of benzene rings is 2. The first-order valence-electron chi connectivity index (χ1n) is 10.4. The number of anilines is 2. The molecule has 10 heteroatoms. The summed E-state index contributed by atoms with van der Waals surface area (Å²) in [5, 5.41) is 3.26. The maximum absolute atomic E-state index is 13.1. The quantitative estimate of drug-likeness (QED) is 0.621. The molecule has 0 spiro atoms. The van der Waals surface area contributed by atoms with Crippen molar-refractivity contribution in [3.63, 3.8) is 0 Å². The predicted molar refractivity (Wildman–Crippen MR) is 126 cm³/mol. The van der Waals surface area contributed by atoms with Gasteiger partial charge in [0, 0.05) is 31.2 Å². The van der Waals surface area contributed by atoms with Crippen molar-refractivity contribution in [2.75, 3.05) is 56.7 Å². The number of nitrogens with zero attached hydrogens (tertiary/aromatic N) is 2. The fourth-order valence-corrected chi connectivity index (χ4v) is 5.27. The van der Waals surface area contributed by atoms with Crippen LogP contribution in [0.15, 0.2) is 41.3 Å². The van der Waals surface area contributed by atoms with E-state index < -0.39 is 15.9 Å². The molecule has 1 aliphatic rings. The zero-order chi connectivity index (χ0) is 23.3. The number of hydrogen-bond acceptors (Lipinski definition) is 6. The van der Waals surface area contributed by atoms with Crippen LogP contribution in [0.1, 0.15) is 24.2 Å². The van der Waals surface area contributed by atoms with Crippen molar-refractivity contribution in [2.45, 2.75) is 18.7 Å². The normalized spacial score (nSPS) is 14.5. The first-order chi connectivity index (χ1) is 15.3. The lowest BCUT2D eigenvalue weighted by Gasteiger charge is -2.31. The van der Waals surface area contributed by atoms with Gasteiger partial charge in [0.25, 0.3) is 5.91 Å². The number of carbonyl (C=O) groups excluding carboxylic acids is 1. The van der Waals surface area contributed by atoms with Crippen molar-refractivity contribution in [1.29, 1.82) is 0 Å². The molecule has 1 N–H and O–H groups in total. The van der Waals surface area contributed by atoms with E-state index in [1.807, 2.05) is 0 Å². The van der Waals surface area contributed by atoms with Gasteiger partial charge < -0.3 is 19.7 Å². The van der Waals surface area contributed by atoms with Crippen LogP contribution >= 0.6 is 11.6 Å². The molecule has 8 nitrogen and oxygen atoms in total. The molecule has 2 aromatic carbocycles. The highest BCUT2D eigenvalue weighted by Crippen LogP contribution is 2.32. The number of amides is 1. The zero-order valence-electron chi connectivity index (χ0n) is 18.4. The van der Waals surface area contributed by atoms with Gasteiger partial charge in [-0.05, 0) is 36.4 Å². The van der Waals surface area contributed by atoms with Gasteiger partial charge in [-0.3, -0.25) is 4.79 Å². The molecule has 0 aromatic heterocycles. The van der Waals surface area contributed by atoms with Gasteiger partial charge in [-0.1, -0.05) is 25.4 Å². The van der Waals surface area contributed by atoms with Crippen LogP contribution in [0.3, 0.4) is 0 Å².